The number of sulfonamides is 1. The molecule has 2 N–H and O–H groups in total. The van der Waals surface area contributed by atoms with Crippen molar-refractivity contribution in [3.63, 3.8) is 0 Å². The fourth-order valence-electron chi connectivity index (χ4n) is 3.77. The number of anilines is 3. The van der Waals surface area contributed by atoms with Crippen LogP contribution in [0.15, 0.2) is 77.7 Å². The second-order valence-corrected chi connectivity index (χ2v) is 9.48. The molecule has 0 spiro atoms. The number of carbonyl (C=O) groups is 2. The van der Waals surface area contributed by atoms with Crippen LogP contribution in [0.25, 0.3) is 0 Å². The fourth-order valence-corrected chi connectivity index (χ4v) is 4.82. The molecule has 1 heterocycles. The van der Waals surface area contributed by atoms with Crippen molar-refractivity contribution in [2.24, 2.45) is 0 Å². The van der Waals surface area contributed by atoms with E-state index in [9.17, 15) is 18.0 Å². The summed E-state index contributed by atoms with van der Waals surface area (Å²) >= 11 is 0. The lowest BCUT2D eigenvalue weighted by molar-refractivity contribution is -0.115. The van der Waals surface area contributed by atoms with Gasteiger partial charge in [0.05, 0.1) is 10.6 Å². The Labute approximate surface area is 193 Å². The van der Waals surface area contributed by atoms with Crippen molar-refractivity contribution in [1.29, 1.82) is 0 Å². The maximum atomic E-state index is 13.1. The molecular weight excluding hydrogens is 438 g/mol. The van der Waals surface area contributed by atoms with Crippen molar-refractivity contribution >= 4 is 38.9 Å². The average molecular weight is 464 g/mol. The summed E-state index contributed by atoms with van der Waals surface area (Å²) in [6.07, 6.45) is 2.01. The molecule has 0 saturated carbocycles. The Morgan fingerprint density at radius 1 is 0.939 bits per heavy atom. The van der Waals surface area contributed by atoms with Crippen LogP contribution in [-0.4, -0.2) is 26.8 Å². The third kappa shape index (κ3) is 5.06. The molecule has 0 saturated heterocycles. The lowest BCUT2D eigenvalue weighted by atomic mass is 10.00. The molecule has 0 unspecified atom stereocenters. The number of aryl methyl sites for hydroxylation is 1. The van der Waals surface area contributed by atoms with Crippen molar-refractivity contribution in [2.75, 3.05) is 21.5 Å². The number of hydrogen-bond donors (Lipinski definition) is 2. The van der Waals surface area contributed by atoms with E-state index >= 15 is 0 Å². The lowest BCUT2D eigenvalue weighted by Gasteiger charge is -2.30. The van der Waals surface area contributed by atoms with Crippen LogP contribution < -0.4 is 14.9 Å². The van der Waals surface area contributed by atoms with Crippen LogP contribution in [0, 0.1) is 0 Å². The summed E-state index contributed by atoms with van der Waals surface area (Å²) < 4.78 is 28.4. The molecule has 170 valence electrons. The van der Waals surface area contributed by atoms with E-state index in [4.69, 9.17) is 0 Å². The van der Waals surface area contributed by atoms with Crippen LogP contribution in [0.1, 0.15) is 35.7 Å². The first-order valence-electron chi connectivity index (χ1n) is 10.8. The summed E-state index contributed by atoms with van der Waals surface area (Å²) in [6, 6.07) is 20.3. The maximum Gasteiger partial charge on any atom is 0.261 e. The monoisotopic (exact) mass is 463 g/mol. The number of nitrogens with one attached hydrogen (secondary N) is 2. The molecule has 0 atom stereocenters. The first kappa shape index (κ1) is 22.5. The molecule has 1 aliphatic heterocycles. The summed E-state index contributed by atoms with van der Waals surface area (Å²) in [5.41, 5.74) is 3.22. The van der Waals surface area contributed by atoms with E-state index in [-0.39, 0.29) is 16.7 Å². The predicted molar refractivity (Wildman–Crippen MR) is 129 cm³/mol. The van der Waals surface area contributed by atoms with Gasteiger partial charge in [-0.25, -0.2) is 8.42 Å². The Morgan fingerprint density at radius 3 is 2.33 bits per heavy atom. The summed E-state index contributed by atoms with van der Waals surface area (Å²) in [4.78, 5) is 26.4. The first-order valence-corrected chi connectivity index (χ1v) is 12.3. The highest BCUT2D eigenvalue weighted by Gasteiger charge is 2.24. The minimum absolute atomic E-state index is 0.0759. The Hall–Kier alpha value is -3.65. The number of rotatable bonds is 6. The summed E-state index contributed by atoms with van der Waals surface area (Å²) in [7, 11) is -3.85. The number of amides is 2. The van der Waals surface area contributed by atoms with E-state index in [0.29, 0.717) is 35.6 Å². The molecule has 0 aromatic heterocycles. The quantitative estimate of drug-likeness (QED) is 0.565. The molecule has 33 heavy (non-hydrogen) atoms. The van der Waals surface area contributed by atoms with Gasteiger partial charge in [0.1, 0.15) is 0 Å². The number of hydrogen-bond acceptors (Lipinski definition) is 4. The summed E-state index contributed by atoms with van der Waals surface area (Å²) in [6.45, 7) is 2.31. The lowest BCUT2D eigenvalue weighted by Crippen LogP contribution is -2.35. The van der Waals surface area contributed by atoms with Gasteiger partial charge >= 0.3 is 0 Å². The van der Waals surface area contributed by atoms with Crippen molar-refractivity contribution in [2.45, 2.75) is 31.1 Å². The van der Waals surface area contributed by atoms with Crippen LogP contribution in [0.3, 0.4) is 0 Å². The van der Waals surface area contributed by atoms with Crippen molar-refractivity contribution in [3.05, 3.63) is 83.9 Å². The molecule has 0 aliphatic carbocycles. The molecule has 3 aromatic carbocycles. The van der Waals surface area contributed by atoms with E-state index in [1.54, 1.807) is 48.2 Å². The van der Waals surface area contributed by atoms with Gasteiger partial charge in [0, 0.05) is 29.9 Å². The second kappa shape index (κ2) is 9.46. The highest BCUT2D eigenvalue weighted by Crippen LogP contribution is 2.32. The van der Waals surface area contributed by atoms with E-state index < -0.39 is 10.0 Å². The Morgan fingerprint density at radius 2 is 1.64 bits per heavy atom. The van der Waals surface area contributed by atoms with Gasteiger partial charge in [-0.2, -0.15) is 0 Å². The predicted octanol–water partition coefficient (Wildman–Crippen LogP) is 4.43. The van der Waals surface area contributed by atoms with E-state index in [1.807, 2.05) is 24.3 Å². The Bertz CT molecular complexity index is 1270. The first-order chi connectivity index (χ1) is 15.9. The SMILES string of the molecule is CCC(=O)Nc1ccc(S(=O)(=O)Nc2ccc3c(c2)N(C(=O)c2ccccc2)CCC3)cc1. The van der Waals surface area contributed by atoms with Gasteiger partial charge in [0.2, 0.25) is 5.91 Å². The van der Waals surface area contributed by atoms with Crippen LogP contribution >= 0.6 is 0 Å². The smallest absolute Gasteiger partial charge is 0.261 e. The maximum absolute atomic E-state index is 13.1. The van der Waals surface area contributed by atoms with Crippen LogP contribution in [0.5, 0.6) is 0 Å². The molecular formula is C25H25N3O4S. The molecule has 0 bridgehead atoms. The minimum atomic E-state index is -3.85. The van der Waals surface area contributed by atoms with Gasteiger partial charge in [0.25, 0.3) is 15.9 Å². The largest absolute Gasteiger partial charge is 0.326 e. The molecule has 1 aliphatic rings. The molecule has 2 amide bonds. The van der Waals surface area contributed by atoms with Gasteiger partial charge in [-0.05, 0) is 66.9 Å². The van der Waals surface area contributed by atoms with Crippen molar-refractivity contribution < 1.29 is 18.0 Å². The zero-order valence-corrected chi connectivity index (χ0v) is 19.1. The van der Waals surface area contributed by atoms with Gasteiger partial charge in [-0.15, -0.1) is 0 Å². The molecule has 4 rings (SSSR count). The molecule has 0 fully saturated rings. The normalized spacial score (nSPS) is 13.2. The second-order valence-electron chi connectivity index (χ2n) is 7.80. The number of benzene rings is 3. The fraction of sp³-hybridized carbons (Fsp3) is 0.200. The average Bonchev–Trinajstić information content (AvgIpc) is 2.83. The minimum Gasteiger partial charge on any atom is -0.326 e. The van der Waals surface area contributed by atoms with Crippen LogP contribution in [-0.2, 0) is 21.2 Å². The Balaban J connectivity index is 1.57. The third-order valence-corrected chi connectivity index (χ3v) is 6.89. The molecule has 0 radical (unpaired) electrons. The van der Waals surface area contributed by atoms with Gasteiger partial charge in [-0.3, -0.25) is 14.3 Å². The topological polar surface area (TPSA) is 95.6 Å². The van der Waals surface area contributed by atoms with E-state index in [2.05, 4.69) is 10.0 Å². The zero-order valence-electron chi connectivity index (χ0n) is 18.2. The van der Waals surface area contributed by atoms with Crippen LogP contribution in [0.4, 0.5) is 17.1 Å². The summed E-state index contributed by atoms with van der Waals surface area (Å²) in [5, 5.41) is 2.69. The highest BCUT2D eigenvalue weighted by atomic mass is 32.2. The highest BCUT2D eigenvalue weighted by molar-refractivity contribution is 7.92. The number of nitrogens with zero attached hydrogens (tertiary/aromatic N) is 1. The molecule has 3 aromatic rings. The summed E-state index contributed by atoms with van der Waals surface area (Å²) in [5.74, 6) is -0.256. The van der Waals surface area contributed by atoms with Gasteiger partial charge in [0.15, 0.2) is 0 Å². The van der Waals surface area contributed by atoms with Crippen molar-refractivity contribution in [3.8, 4) is 0 Å². The van der Waals surface area contributed by atoms with Gasteiger partial charge < -0.3 is 10.2 Å². The van der Waals surface area contributed by atoms with Crippen LogP contribution in [0.2, 0.25) is 0 Å². The van der Waals surface area contributed by atoms with Crippen molar-refractivity contribution in [1.82, 2.24) is 0 Å². The number of carbonyl (C=O) groups excluding carboxylic acids is 2. The standard InChI is InChI=1S/C25H25N3O4S/c1-2-24(29)26-20-12-14-22(15-13-20)33(31,32)27-21-11-10-18-9-6-16-28(23(18)17-21)25(30)19-7-4-3-5-8-19/h3-5,7-8,10-15,17,27H,2,6,9,16H2,1H3,(H,26,29). The Kier molecular flexibility index (Phi) is 6.46. The molecule has 8 heteroatoms. The van der Waals surface area contributed by atoms with E-state index in [1.165, 1.54) is 12.1 Å². The third-order valence-electron chi connectivity index (χ3n) is 5.49. The van der Waals surface area contributed by atoms with E-state index in [0.717, 1.165) is 18.4 Å². The zero-order chi connectivity index (χ0) is 23.4. The van der Waals surface area contributed by atoms with Gasteiger partial charge in [-0.1, -0.05) is 31.2 Å². The molecule has 7 nitrogen and oxygen atoms in total. The number of fused-ring (bicyclic) bond motifs is 1.